The first kappa shape index (κ1) is 14.4. The second kappa shape index (κ2) is 10.9. The summed E-state index contributed by atoms with van der Waals surface area (Å²) in [5.74, 6) is 0. The van der Waals surface area contributed by atoms with Gasteiger partial charge in [-0.05, 0) is 25.7 Å². The molecule has 0 aliphatic heterocycles. The summed E-state index contributed by atoms with van der Waals surface area (Å²) in [5.41, 5.74) is 10.9. The average Bonchev–Trinajstić information content (AvgIpc) is 2.16. The van der Waals surface area contributed by atoms with Crippen molar-refractivity contribution in [1.82, 2.24) is 0 Å². The van der Waals surface area contributed by atoms with Crippen molar-refractivity contribution < 1.29 is 0 Å². The number of hydrogen-bond donors (Lipinski definition) is 2. The molecule has 0 fully saturated rings. The van der Waals surface area contributed by atoms with Gasteiger partial charge in [0, 0.05) is 12.1 Å². The molecule has 0 rings (SSSR count). The predicted molar refractivity (Wildman–Crippen MR) is 57.1 cm³/mol. The normalized spacial score (nSPS) is 10.0. The molecule has 0 aliphatic rings. The topological polar surface area (TPSA) is 52.0 Å². The summed E-state index contributed by atoms with van der Waals surface area (Å²) in [7, 11) is 0. The van der Waals surface area contributed by atoms with Crippen LogP contribution in [0.25, 0.3) is 0 Å². The first-order valence-corrected chi connectivity index (χ1v) is 5.13. The molecule has 0 amide bonds. The zero-order chi connectivity index (χ0) is 9.98. The van der Waals surface area contributed by atoms with Gasteiger partial charge < -0.3 is 11.5 Å². The second-order valence-corrected chi connectivity index (χ2v) is 3.15. The van der Waals surface area contributed by atoms with E-state index in [1.54, 1.807) is 0 Å². The maximum absolute atomic E-state index is 5.47. The van der Waals surface area contributed by atoms with Gasteiger partial charge in [0.05, 0.1) is 0 Å². The van der Waals surface area contributed by atoms with Gasteiger partial charge in [-0.3, -0.25) is 0 Å². The molecule has 0 radical (unpaired) electrons. The SMILES string of the molecule is CCC(N)CC.CCC(N)CC. The molecule has 76 valence electrons. The maximum atomic E-state index is 5.47. The van der Waals surface area contributed by atoms with Crippen molar-refractivity contribution in [2.75, 3.05) is 0 Å². The van der Waals surface area contributed by atoms with Gasteiger partial charge in [0.25, 0.3) is 0 Å². The Kier molecular flexibility index (Phi) is 13.1. The van der Waals surface area contributed by atoms with Crippen molar-refractivity contribution in [3.05, 3.63) is 0 Å². The summed E-state index contributed by atoms with van der Waals surface area (Å²) in [6.45, 7) is 8.42. The van der Waals surface area contributed by atoms with Crippen LogP contribution in [0.15, 0.2) is 0 Å². The molecule has 0 unspecified atom stereocenters. The Balaban J connectivity index is 0. The molecule has 0 bridgehead atoms. The van der Waals surface area contributed by atoms with E-state index in [2.05, 4.69) is 27.7 Å². The van der Waals surface area contributed by atoms with Crippen LogP contribution in [0.1, 0.15) is 53.4 Å². The van der Waals surface area contributed by atoms with Crippen LogP contribution in [0.3, 0.4) is 0 Å². The van der Waals surface area contributed by atoms with Crippen molar-refractivity contribution in [3.63, 3.8) is 0 Å². The molecular formula is C10H26N2. The smallest absolute Gasteiger partial charge is 0.00335 e. The second-order valence-electron chi connectivity index (χ2n) is 3.15. The summed E-state index contributed by atoms with van der Waals surface area (Å²) in [6.07, 6.45) is 4.43. The molecular weight excluding hydrogens is 148 g/mol. The highest BCUT2D eigenvalue weighted by Gasteiger charge is 1.89. The Morgan fingerprint density at radius 1 is 0.667 bits per heavy atom. The van der Waals surface area contributed by atoms with E-state index in [0.717, 1.165) is 25.7 Å². The molecule has 0 aromatic rings. The molecule has 0 saturated heterocycles. The fourth-order valence-electron chi connectivity index (χ4n) is 0.577. The van der Waals surface area contributed by atoms with Gasteiger partial charge in [0.2, 0.25) is 0 Å². The van der Waals surface area contributed by atoms with Gasteiger partial charge in [-0.15, -0.1) is 0 Å². The van der Waals surface area contributed by atoms with Gasteiger partial charge in [-0.2, -0.15) is 0 Å². The highest BCUT2D eigenvalue weighted by atomic mass is 14.6. The third-order valence-corrected chi connectivity index (χ3v) is 2.10. The van der Waals surface area contributed by atoms with E-state index < -0.39 is 0 Å². The molecule has 0 heterocycles. The fraction of sp³-hybridized carbons (Fsp3) is 1.00. The minimum Gasteiger partial charge on any atom is -0.328 e. The van der Waals surface area contributed by atoms with Gasteiger partial charge in [-0.25, -0.2) is 0 Å². The highest BCUT2D eigenvalue weighted by Crippen LogP contribution is 1.88. The summed E-state index contributed by atoms with van der Waals surface area (Å²) in [6, 6.07) is 0.870. The highest BCUT2D eigenvalue weighted by molar-refractivity contribution is 4.51. The Bertz CT molecular complexity index is 56.2. The van der Waals surface area contributed by atoms with E-state index in [1.807, 2.05) is 0 Å². The van der Waals surface area contributed by atoms with Crippen molar-refractivity contribution in [3.8, 4) is 0 Å². The van der Waals surface area contributed by atoms with Gasteiger partial charge in [-0.1, -0.05) is 27.7 Å². The molecule has 0 atom stereocenters. The van der Waals surface area contributed by atoms with E-state index in [-0.39, 0.29) is 0 Å². The van der Waals surface area contributed by atoms with E-state index in [0.29, 0.717) is 12.1 Å². The fourth-order valence-corrected chi connectivity index (χ4v) is 0.577. The average molecular weight is 174 g/mol. The van der Waals surface area contributed by atoms with E-state index >= 15 is 0 Å². The van der Waals surface area contributed by atoms with Crippen LogP contribution in [0.5, 0.6) is 0 Å². The van der Waals surface area contributed by atoms with Crippen molar-refractivity contribution >= 4 is 0 Å². The predicted octanol–water partition coefficient (Wildman–Crippen LogP) is 2.27. The molecule has 2 nitrogen and oxygen atoms in total. The summed E-state index contributed by atoms with van der Waals surface area (Å²) in [5, 5.41) is 0. The summed E-state index contributed by atoms with van der Waals surface area (Å²) < 4.78 is 0. The number of nitrogens with two attached hydrogens (primary N) is 2. The monoisotopic (exact) mass is 174 g/mol. The van der Waals surface area contributed by atoms with Crippen LogP contribution in [-0.4, -0.2) is 12.1 Å². The van der Waals surface area contributed by atoms with Crippen molar-refractivity contribution in [2.45, 2.75) is 65.5 Å². The van der Waals surface area contributed by atoms with E-state index in [1.165, 1.54) is 0 Å². The molecule has 0 saturated carbocycles. The van der Waals surface area contributed by atoms with Crippen LogP contribution < -0.4 is 11.5 Å². The van der Waals surface area contributed by atoms with Crippen LogP contribution in [0, 0.1) is 0 Å². The van der Waals surface area contributed by atoms with Crippen LogP contribution >= 0.6 is 0 Å². The van der Waals surface area contributed by atoms with E-state index in [9.17, 15) is 0 Å². The molecule has 12 heavy (non-hydrogen) atoms. The van der Waals surface area contributed by atoms with Crippen molar-refractivity contribution in [2.24, 2.45) is 11.5 Å². The van der Waals surface area contributed by atoms with Crippen molar-refractivity contribution in [1.29, 1.82) is 0 Å². The molecule has 2 heteroatoms. The van der Waals surface area contributed by atoms with Crippen LogP contribution in [0.4, 0.5) is 0 Å². The van der Waals surface area contributed by atoms with Gasteiger partial charge >= 0.3 is 0 Å². The standard InChI is InChI=1S/2C5H13N/c2*1-3-5(6)4-2/h2*5H,3-4,6H2,1-2H3. The molecule has 0 aliphatic carbocycles. The number of rotatable bonds is 4. The lowest BCUT2D eigenvalue weighted by Crippen LogP contribution is -2.16. The Labute approximate surface area is 77.7 Å². The van der Waals surface area contributed by atoms with Gasteiger partial charge in [0.1, 0.15) is 0 Å². The molecule has 0 spiro atoms. The first-order chi connectivity index (χ1) is 5.62. The molecule has 0 aromatic heterocycles. The molecule has 4 N–H and O–H groups in total. The zero-order valence-electron chi connectivity index (χ0n) is 9.14. The lowest BCUT2D eigenvalue weighted by atomic mass is 10.2. The largest absolute Gasteiger partial charge is 0.328 e. The Hall–Kier alpha value is -0.0800. The lowest BCUT2D eigenvalue weighted by Gasteiger charge is -1.99. The maximum Gasteiger partial charge on any atom is 0.00335 e. The van der Waals surface area contributed by atoms with Crippen LogP contribution in [-0.2, 0) is 0 Å². The van der Waals surface area contributed by atoms with E-state index in [4.69, 9.17) is 11.5 Å². The molecule has 0 aromatic carbocycles. The summed E-state index contributed by atoms with van der Waals surface area (Å²) in [4.78, 5) is 0. The first-order valence-electron chi connectivity index (χ1n) is 5.13. The zero-order valence-corrected chi connectivity index (χ0v) is 9.14. The van der Waals surface area contributed by atoms with Crippen LogP contribution in [0.2, 0.25) is 0 Å². The Morgan fingerprint density at radius 3 is 0.833 bits per heavy atom. The quantitative estimate of drug-likeness (QED) is 0.687. The minimum atomic E-state index is 0.435. The summed E-state index contributed by atoms with van der Waals surface area (Å²) >= 11 is 0. The lowest BCUT2D eigenvalue weighted by molar-refractivity contribution is 0.629. The Morgan fingerprint density at radius 2 is 0.833 bits per heavy atom. The minimum absolute atomic E-state index is 0.435. The third-order valence-electron chi connectivity index (χ3n) is 2.10. The third kappa shape index (κ3) is 12.6. The van der Waals surface area contributed by atoms with Gasteiger partial charge in [0.15, 0.2) is 0 Å². The number of hydrogen-bond acceptors (Lipinski definition) is 2.